The fourth-order valence-electron chi connectivity index (χ4n) is 5.71. The third-order valence-corrected chi connectivity index (χ3v) is 7.79. The van der Waals surface area contributed by atoms with E-state index in [1.807, 2.05) is 18.7 Å². The fraction of sp³-hybridized carbons (Fsp3) is 0.600. The van der Waals surface area contributed by atoms with Crippen LogP contribution in [0.5, 0.6) is 0 Å². The largest absolute Gasteiger partial charge is 0.408 e. The summed E-state index contributed by atoms with van der Waals surface area (Å²) in [6, 6.07) is 2.90. The van der Waals surface area contributed by atoms with Crippen molar-refractivity contribution in [3.63, 3.8) is 0 Å². The first-order valence-electron chi connectivity index (χ1n) is 12.6. The molecule has 2 aromatic rings. The Morgan fingerprint density at radius 3 is 2.40 bits per heavy atom. The quantitative estimate of drug-likeness (QED) is 0.609. The summed E-state index contributed by atoms with van der Waals surface area (Å²) in [7, 11) is 0. The number of carbonyl (C=O) groups is 2. The van der Waals surface area contributed by atoms with Gasteiger partial charge in [-0.25, -0.2) is 8.78 Å². The van der Waals surface area contributed by atoms with Gasteiger partial charge in [0.25, 0.3) is 0 Å². The van der Waals surface area contributed by atoms with Crippen LogP contribution in [0.25, 0.3) is 0 Å². The zero-order chi connectivity index (χ0) is 24.7. The van der Waals surface area contributed by atoms with Crippen LogP contribution in [0, 0.1) is 17.0 Å². The molecular formula is C25H31F2N5O3. The number of imide groups is 1. The smallest absolute Gasteiger partial charge is 0.315 e. The van der Waals surface area contributed by atoms with E-state index < -0.39 is 29.4 Å². The molecule has 2 saturated carbocycles. The molecule has 35 heavy (non-hydrogen) atoms. The highest BCUT2D eigenvalue weighted by molar-refractivity contribution is 6.01. The van der Waals surface area contributed by atoms with Crippen molar-refractivity contribution in [3.8, 4) is 0 Å². The van der Waals surface area contributed by atoms with Gasteiger partial charge in [-0.2, -0.15) is 0 Å². The predicted molar refractivity (Wildman–Crippen MR) is 125 cm³/mol. The van der Waals surface area contributed by atoms with Crippen molar-refractivity contribution in [2.45, 2.75) is 76.7 Å². The van der Waals surface area contributed by atoms with Gasteiger partial charge in [0.05, 0.1) is 12.0 Å². The second-order valence-corrected chi connectivity index (χ2v) is 9.98. The van der Waals surface area contributed by atoms with Crippen LogP contribution in [0.1, 0.15) is 82.1 Å². The summed E-state index contributed by atoms with van der Waals surface area (Å²) >= 11 is 0. The highest BCUT2D eigenvalue weighted by Gasteiger charge is 2.50. The first kappa shape index (κ1) is 23.7. The van der Waals surface area contributed by atoms with Crippen LogP contribution >= 0.6 is 0 Å². The Bertz CT molecular complexity index is 1100. The minimum Gasteiger partial charge on any atom is -0.408 e. The van der Waals surface area contributed by atoms with Crippen molar-refractivity contribution < 1.29 is 22.8 Å². The molecule has 1 spiro atoms. The molecular weight excluding hydrogens is 456 g/mol. The summed E-state index contributed by atoms with van der Waals surface area (Å²) in [4.78, 5) is 25.2. The summed E-state index contributed by atoms with van der Waals surface area (Å²) in [6.45, 7) is 5.06. The lowest BCUT2D eigenvalue weighted by molar-refractivity contribution is -0.134. The van der Waals surface area contributed by atoms with E-state index in [1.54, 1.807) is 0 Å². The second kappa shape index (κ2) is 9.20. The molecule has 2 aliphatic heterocycles. The highest BCUT2D eigenvalue weighted by atomic mass is 19.1. The van der Waals surface area contributed by atoms with Gasteiger partial charge in [-0.1, -0.05) is 25.4 Å². The molecule has 4 fully saturated rings. The maximum Gasteiger partial charge on any atom is 0.315 e. The summed E-state index contributed by atoms with van der Waals surface area (Å²) < 4.78 is 35.3. The molecule has 0 bridgehead atoms. The van der Waals surface area contributed by atoms with Crippen molar-refractivity contribution in [2.75, 3.05) is 23.3 Å². The van der Waals surface area contributed by atoms with E-state index in [2.05, 4.69) is 20.8 Å². The molecule has 1 aromatic carbocycles. The third kappa shape index (κ3) is 4.38. The van der Waals surface area contributed by atoms with Gasteiger partial charge in [0, 0.05) is 36.7 Å². The van der Waals surface area contributed by atoms with Crippen LogP contribution in [0.4, 0.5) is 20.5 Å². The van der Waals surface area contributed by atoms with Crippen LogP contribution in [-0.4, -0.2) is 41.1 Å². The lowest BCUT2D eigenvalue weighted by Gasteiger charge is -2.53. The molecule has 1 atom stereocenters. The van der Waals surface area contributed by atoms with Gasteiger partial charge in [-0.05, 0) is 49.7 Å². The zero-order valence-corrected chi connectivity index (χ0v) is 20.1. The SMILES string of the molecule is CC.O=C1CCC(c2c(F)cc(N3CC(Nc4nnc(C5CC6(CCC6)C5)o4)C3)cc2F)C(=O)N1. The van der Waals surface area contributed by atoms with E-state index in [4.69, 9.17) is 4.42 Å². The molecule has 1 aromatic heterocycles. The van der Waals surface area contributed by atoms with E-state index in [0.717, 1.165) is 12.8 Å². The van der Waals surface area contributed by atoms with Crippen LogP contribution in [0.15, 0.2) is 16.5 Å². The van der Waals surface area contributed by atoms with Crippen molar-refractivity contribution in [2.24, 2.45) is 5.41 Å². The van der Waals surface area contributed by atoms with Gasteiger partial charge in [-0.3, -0.25) is 14.9 Å². The standard InChI is InChI=1S/C23H25F2N5O3.C2H6/c24-16-6-14(7-17(25)19(16)15-2-3-18(31)27-20(15)32)30-10-13(11-30)26-22-29-28-21(33-22)12-8-23(9-12)4-1-5-23;1-2/h6-7,12-13,15H,1-5,8-11H2,(H,26,29)(H,27,31,32);1-2H3. The van der Waals surface area contributed by atoms with Crippen molar-refractivity contribution >= 4 is 23.5 Å². The monoisotopic (exact) mass is 487 g/mol. The van der Waals surface area contributed by atoms with Crippen molar-refractivity contribution in [1.82, 2.24) is 15.5 Å². The lowest BCUT2D eigenvalue weighted by Crippen LogP contribution is -2.55. The maximum absolute atomic E-state index is 14.8. The summed E-state index contributed by atoms with van der Waals surface area (Å²) in [6.07, 6.45) is 6.40. The highest BCUT2D eigenvalue weighted by Crippen LogP contribution is 2.61. The molecule has 188 valence electrons. The number of benzene rings is 1. The molecule has 10 heteroatoms. The number of amides is 2. The lowest BCUT2D eigenvalue weighted by atomic mass is 9.52. The average Bonchev–Trinajstić information content (AvgIpc) is 3.19. The minimum absolute atomic E-state index is 0.0265. The maximum atomic E-state index is 14.8. The Morgan fingerprint density at radius 1 is 1.11 bits per heavy atom. The first-order chi connectivity index (χ1) is 16.9. The number of anilines is 2. The van der Waals surface area contributed by atoms with Crippen LogP contribution in [-0.2, 0) is 9.59 Å². The molecule has 2 saturated heterocycles. The molecule has 3 heterocycles. The van der Waals surface area contributed by atoms with Crippen molar-refractivity contribution in [1.29, 1.82) is 0 Å². The molecule has 1 unspecified atom stereocenters. The number of hydrogen-bond donors (Lipinski definition) is 2. The second-order valence-electron chi connectivity index (χ2n) is 9.98. The Labute approximate surface area is 202 Å². The zero-order valence-electron chi connectivity index (χ0n) is 20.1. The molecule has 2 N–H and O–H groups in total. The van der Waals surface area contributed by atoms with Gasteiger partial charge in [0.1, 0.15) is 11.6 Å². The first-order valence-corrected chi connectivity index (χ1v) is 12.6. The third-order valence-electron chi connectivity index (χ3n) is 7.79. The van der Waals surface area contributed by atoms with Gasteiger partial charge in [0.2, 0.25) is 17.7 Å². The Hall–Kier alpha value is -3.04. The van der Waals surface area contributed by atoms with Gasteiger partial charge in [0.15, 0.2) is 0 Å². The molecule has 8 nitrogen and oxygen atoms in total. The van der Waals surface area contributed by atoms with Gasteiger partial charge in [-0.15, -0.1) is 5.10 Å². The van der Waals surface area contributed by atoms with E-state index in [-0.39, 0.29) is 24.4 Å². The fourth-order valence-corrected chi connectivity index (χ4v) is 5.71. The van der Waals surface area contributed by atoms with E-state index >= 15 is 0 Å². The molecule has 2 aliphatic carbocycles. The number of nitrogens with zero attached hydrogens (tertiary/aromatic N) is 3. The normalized spacial score (nSPS) is 23.5. The Morgan fingerprint density at radius 2 is 1.80 bits per heavy atom. The number of carbonyl (C=O) groups excluding carboxylic acids is 2. The van der Waals surface area contributed by atoms with Crippen LogP contribution in [0.2, 0.25) is 0 Å². The minimum atomic E-state index is -0.996. The van der Waals surface area contributed by atoms with Crippen molar-refractivity contribution in [3.05, 3.63) is 35.2 Å². The number of halogens is 2. The number of rotatable bonds is 5. The topological polar surface area (TPSA) is 100 Å². The summed E-state index contributed by atoms with van der Waals surface area (Å²) in [5, 5.41) is 13.6. The van der Waals surface area contributed by atoms with Gasteiger partial charge < -0.3 is 14.6 Å². The average molecular weight is 488 g/mol. The summed E-state index contributed by atoms with van der Waals surface area (Å²) in [5.41, 5.74) is 0.669. The molecule has 6 rings (SSSR count). The van der Waals surface area contributed by atoms with E-state index in [9.17, 15) is 18.4 Å². The number of hydrogen-bond acceptors (Lipinski definition) is 7. The van der Waals surface area contributed by atoms with Crippen LogP contribution in [0.3, 0.4) is 0 Å². The van der Waals surface area contributed by atoms with Crippen LogP contribution < -0.4 is 15.5 Å². The van der Waals surface area contributed by atoms with Gasteiger partial charge >= 0.3 is 6.01 Å². The molecule has 0 radical (unpaired) electrons. The summed E-state index contributed by atoms with van der Waals surface area (Å²) in [5.74, 6) is -2.57. The molecule has 2 amide bonds. The number of aromatic nitrogens is 2. The number of piperidine rings is 1. The van der Waals surface area contributed by atoms with E-state index in [1.165, 1.54) is 31.4 Å². The Balaban J connectivity index is 0.00000124. The predicted octanol–water partition coefficient (Wildman–Crippen LogP) is 4.24. The van der Waals surface area contributed by atoms with E-state index in [0.29, 0.717) is 42.0 Å². The molecule has 4 aliphatic rings. The Kier molecular flexibility index (Phi) is 6.23. The number of nitrogens with one attached hydrogen (secondary N) is 2.